The predicted octanol–water partition coefficient (Wildman–Crippen LogP) is 7.20. The molecular formula is C40H53N3O8S. The Labute approximate surface area is 311 Å². The highest BCUT2D eigenvalue weighted by Crippen LogP contribution is 2.63. The van der Waals surface area contributed by atoms with Gasteiger partial charge in [-0.3, -0.25) is 4.79 Å². The maximum Gasteiger partial charge on any atom is 0.412 e. The second-order valence-corrected chi connectivity index (χ2v) is 14.7. The highest BCUT2D eigenvalue weighted by atomic mass is 32.2. The van der Waals surface area contributed by atoms with Gasteiger partial charge in [0.05, 0.1) is 23.5 Å². The molecule has 1 heterocycles. The number of hydrogen-bond acceptors (Lipinski definition) is 10. The van der Waals surface area contributed by atoms with E-state index in [4.69, 9.17) is 24.2 Å². The number of allylic oxidation sites excluding steroid dienone is 1. The highest BCUT2D eigenvalue weighted by molar-refractivity contribution is 8.00. The fourth-order valence-corrected chi connectivity index (χ4v) is 9.19. The minimum Gasteiger partial charge on any atom is -0.460 e. The van der Waals surface area contributed by atoms with Gasteiger partial charge in [-0.1, -0.05) is 30.1 Å². The maximum absolute atomic E-state index is 12.6. The summed E-state index contributed by atoms with van der Waals surface area (Å²) in [6.07, 6.45) is 8.82. The van der Waals surface area contributed by atoms with Gasteiger partial charge in [-0.05, 0) is 99.4 Å². The number of rotatable bonds is 18. The molecule has 2 amide bonds. The lowest BCUT2D eigenvalue weighted by Crippen LogP contribution is -2.64. The number of carbonyl (C=O) groups is 2. The predicted molar refractivity (Wildman–Crippen MR) is 203 cm³/mol. The van der Waals surface area contributed by atoms with Crippen molar-refractivity contribution in [1.82, 2.24) is 5.32 Å². The Morgan fingerprint density at radius 2 is 1.83 bits per heavy atom. The first-order valence-corrected chi connectivity index (χ1v) is 19.4. The van der Waals surface area contributed by atoms with Gasteiger partial charge in [0.2, 0.25) is 11.7 Å². The molecule has 0 radical (unpaired) electrons. The number of ether oxygens (including phenoxy) is 3. The van der Waals surface area contributed by atoms with Gasteiger partial charge in [-0.25, -0.2) is 4.79 Å². The lowest BCUT2D eigenvalue weighted by Gasteiger charge is -2.58. The number of nitrogens with one attached hydrogen (secondary N) is 2. The molecule has 3 aliphatic rings. The van der Waals surface area contributed by atoms with Crippen LogP contribution in [0.1, 0.15) is 77.2 Å². The van der Waals surface area contributed by atoms with Crippen LogP contribution in [-0.2, 0) is 14.4 Å². The molecule has 5 rings (SSSR count). The first-order chi connectivity index (χ1) is 25.3. The highest BCUT2D eigenvalue weighted by Gasteiger charge is 2.64. The summed E-state index contributed by atoms with van der Waals surface area (Å²) in [5.41, 5.74) is 3.50. The summed E-state index contributed by atoms with van der Waals surface area (Å²) in [5.74, 6) is -0.430. The summed E-state index contributed by atoms with van der Waals surface area (Å²) < 4.78 is 19.9. The number of hydrogen-bond donors (Lipinski definition) is 4. The van der Waals surface area contributed by atoms with Crippen LogP contribution in [-0.4, -0.2) is 71.9 Å². The number of aliphatic hydroxyl groups is 2. The van der Waals surface area contributed by atoms with E-state index in [1.54, 1.807) is 23.9 Å². The number of anilines is 1. The molecule has 6 unspecified atom stereocenters. The van der Waals surface area contributed by atoms with Gasteiger partial charge in [-0.2, -0.15) is 0 Å². The maximum atomic E-state index is 12.6. The number of aliphatic hydroxyl groups excluding tert-OH is 2. The zero-order valence-electron chi connectivity index (χ0n) is 30.5. The Kier molecular flexibility index (Phi) is 14.2. The summed E-state index contributed by atoms with van der Waals surface area (Å²) in [6, 6.07) is 13.3. The first-order valence-electron chi connectivity index (χ1n) is 18.5. The van der Waals surface area contributed by atoms with Gasteiger partial charge >= 0.3 is 6.09 Å². The van der Waals surface area contributed by atoms with E-state index in [1.807, 2.05) is 50.2 Å². The summed E-state index contributed by atoms with van der Waals surface area (Å²) in [6.45, 7) is 10.6. The van der Waals surface area contributed by atoms with Crippen molar-refractivity contribution in [2.24, 2.45) is 22.9 Å². The van der Waals surface area contributed by atoms with E-state index < -0.39 is 11.9 Å². The van der Waals surface area contributed by atoms with Gasteiger partial charge < -0.3 is 39.9 Å². The van der Waals surface area contributed by atoms with Crippen LogP contribution >= 0.6 is 11.8 Å². The van der Waals surface area contributed by atoms with Gasteiger partial charge in [0.25, 0.3) is 0 Å². The van der Waals surface area contributed by atoms with Crippen molar-refractivity contribution < 1.29 is 38.9 Å². The topological polar surface area (TPSA) is 148 Å². The minimum atomic E-state index is -1.16. The summed E-state index contributed by atoms with van der Waals surface area (Å²) in [4.78, 5) is 31.0. The Balaban J connectivity index is 1.71. The molecule has 6 atom stereocenters. The first kappa shape index (κ1) is 39.4. The Hall–Kier alpha value is -3.84. The molecule has 1 aliphatic heterocycles. The number of nitrogens with zero attached hydrogens (tertiary/aromatic N) is 1. The average molecular weight is 736 g/mol. The number of carbonyl (C=O) groups excluding carboxylic acids is 2. The number of unbranched alkanes of at least 4 members (excludes halogenated alkanes) is 2. The Morgan fingerprint density at radius 1 is 1.08 bits per heavy atom. The molecule has 2 aliphatic carbocycles. The third-order valence-electron chi connectivity index (χ3n) is 9.91. The van der Waals surface area contributed by atoms with Crippen LogP contribution in [0.5, 0.6) is 11.5 Å². The standard InChI is InChI=1S/C40H53N3O8S/c1-5-22-48-40-36(52-30-17-14-28(15-18-30)42-26(4)46)25-34(43-49-7-3)32-23-27(12-8-10-20-44)31(13-9-11-21-45)37(38(32)40)33-24-29(16-19-35(33)51-40)50-39(47)41-6-2/h5,14-19,23-24,27,31,36-38,44-45H,1,6-13,20-22,25H2,2-4H3,(H,41,47)(H,42,46). The Bertz CT molecular complexity index is 1600. The molecule has 52 heavy (non-hydrogen) atoms. The molecule has 1 fully saturated rings. The van der Waals surface area contributed by atoms with E-state index in [-0.39, 0.29) is 54.6 Å². The van der Waals surface area contributed by atoms with Gasteiger partial charge in [0, 0.05) is 55.2 Å². The lowest BCUT2D eigenvalue weighted by atomic mass is 9.56. The van der Waals surface area contributed by atoms with E-state index in [0.29, 0.717) is 49.6 Å². The largest absolute Gasteiger partial charge is 0.460 e. The number of oxime groups is 1. The van der Waals surface area contributed by atoms with Crippen LogP contribution in [0, 0.1) is 17.8 Å². The van der Waals surface area contributed by atoms with E-state index in [9.17, 15) is 19.8 Å². The molecule has 4 N–H and O–H groups in total. The van der Waals surface area contributed by atoms with Crippen LogP contribution in [0.4, 0.5) is 10.5 Å². The molecule has 12 heteroatoms. The molecule has 0 saturated heterocycles. The smallest absolute Gasteiger partial charge is 0.412 e. The monoisotopic (exact) mass is 735 g/mol. The minimum absolute atomic E-state index is 0.109. The number of thioether (sulfide) groups is 1. The van der Waals surface area contributed by atoms with Crippen molar-refractivity contribution in [1.29, 1.82) is 0 Å². The zero-order valence-corrected chi connectivity index (χ0v) is 31.3. The van der Waals surface area contributed by atoms with E-state index in [2.05, 4.69) is 23.3 Å². The normalized spacial score (nSPS) is 25.2. The second-order valence-electron chi connectivity index (χ2n) is 13.4. The van der Waals surface area contributed by atoms with Crippen molar-refractivity contribution in [3.8, 4) is 11.5 Å². The molecule has 0 spiro atoms. The van der Waals surface area contributed by atoms with Crippen molar-refractivity contribution in [2.45, 2.75) is 87.6 Å². The van der Waals surface area contributed by atoms with Gasteiger partial charge in [-0.15, -0.1) is 18.3 Å². The van der Waals surface area contributed by atoms with Gasteiger partial charge in [0.15, 0.2) is 0 Å². The fourth-order valence-electron chi connectivity index (χ4n) is 7.90. The molecule has 2 aromatic rings. The van der Waals surface area contributed by atoms with Crippen molar-refractivity contribution in [2.75, 3.05) is 38.3 Å². The molecule has 282 valence electrons. The number of amides is 2. The third kappa shape index (κ3) is 9.02. The summed E-state index contributed by atoms with van der Waals surface area (Å²) in [7, 11) is 0. The van der Waals surface area contributed by atoms with E-state index in [1.165, 1.54) is 6.92 Å². The molecule has 2 aromatic carbocycles. The van der Waals surface area contributed by atoms with Crippen molar-refractivity contribution in [3.05, 3.63) is 72.3 Å². The zero-order chi connectivity index (χ0) is 37.1. The molecule has 0 bridgehead atoms. The molecular weight excluding hydrogens is 683 g/mol. The van der Waals surface area contributed by atoms with Crippen LogP contribution < -0.4 is 20.1 Å². The summed E-state index contributed by atoms with van der Waals surface area (Å²) in [5, 5.41) is 29.5. The summed E-state index contributed by atoms with van der Waals surface area (Å²) >= 11 is 1.64. The average Bonchev–Trinajstić information content (AvgIpc) is 3.13. The number of benzene rings is 2. The van der Waals surface area contributed by atoms with Crippen molar-refractivity contribution in [3.63, 3.8) is 0 Å². The fraction of sp³-hybridized carbons (Fsp3) is 0.525. The van der Waals surface area contributed by atoms with E-state index in [0.717, 1.165) is 47.4 Å². The SMILES string of the molecule is C=CCOC12Oc3ccc(OC(=O)NCC)cc3C3C(CCCCO)C(CCCCO)C=C(C(=NOCC)CC1Sc1ccc(NC(C)=O)cc1)C32. The lowest BCUT2D eigenvalue weighted by molar-refractivity contribution is -0.223. The van der Waals surface area contributed by atoms with Crippen LogP contribution in [0.25, 0.3) is 0 Å². The van der Waals surface area contributed by atoms with Crippen LogP contribution in [0.15, 0.2) is 76.8 Å². The Morgan fingerprint density at radius 3 is 2.50 bits per heavy atom. The molecule has 0 aromatic heterocycles. The van der Waals surface area contributed by atoms with Gasteiger partial charge in [0.1, 0.15) is 18.1 Å². The van der Waals surface area contributed by atoms with Crippen molar-refractivity contribution >= 4 is 35.2 Å². The molecule has 1 saturated carbocycles. The van der Waals surface area contributed by atoms with E-state index >= 15 is 0 Å². The van der Waals surface area contributed by atoms with Crippen LogP contribution in [0.2, 0.25) is 0 Å². The van der Waals surface area contributed by atoms with Crippen LogP contribution in [0.3, 0.4) is 0 Å². The third-order valence-corrected chi connectivity index (χ3v) is 11.2. The second kappa shape index (κ2) is 18.8. The number of fused-ring (bicyclic) bond motifs is 2. The molecule has 11 nitrogen and oxygen atoms in total. The quantitative estimate of drug-likeness (QED) is 0.0709.